The molecule has 1 aromatic carbocycles. The molecule has 0 radical (unpaired) electrons. The fraction of sp³-hybridized carbons (Fsp3) is 0.571. The number of aromatic nitrogens is 1. The number of fused-ring (bicyclic) bond motifs is 2. The van der Waals surface area contributed by atoms with Crippen LogP contribution in [0.25, 0.3) is 10.9 Å². The SMILES string of the molecule is CCC(=O)C(CC1CCCC1=O)NC(=O)C1C2CCCC2CN1C(=O)c1cc2c(OC)ccc(Cl)c2[nH]1. The molecule has 2 heterocycles. The molecule has 1 aromatic heterocycles. The number of likely N-dealkylation sites (tertiary alicyclic amines) is 1. The van der Waals surface area contributed by atoms with Gasteiger partial charge in [-0.1, -0.05) is 24.9 Å². The topological polar surface area (TPSA) is 109 Å². The minimum absolute atomic E-state index is 0.0527. The van der Waals surface area contributed by atoms with Crippen molar-refractivity contribution in [1.82, 2.24) is 15.2 Å². The van der Waals surface area contributed by atoms with Crippen LogP contribution in [0.4, 0.5) is 0 Å². The second-order valence-corrected chi connectivity index (χ2v) is 11.1. The number of nitrogens with zero attached hydrogens (tertiary/aromatic N) is 1. The summed E-state index contributed by atoms with van der Waals surface area (Å²) < 4.78 is 5.44. The normalized spacial score (nSPS) is 25.9. The van der Waals surface area contributed by atoms with E-state index >= 15 is 0 Å². The number of carbonyl (C=O) groups is 4. The lowest BCUT2D eigenvalue weighted by Gasteiger charge is -2.29. The Hall–Kier alpha value is -2.87. The first-order chi connectivity index (χ1) is 17.8. The quantitative estimate of drug-likeness (QED) is 0.532. The zero-order valence-corrected chi connectivity index (χ0v) is 22.1. The molecule has 2 N–H and O–H groups in total. The summed E-state index contributed by atoms with van der Waals surface area (Å²) in [6.07, 6.45) is 5.61. The van der Waals surface area contributed by atoms with Gasteiger partial charge in [-0.2, -0.15) is 0 Å². The van der Waals surface area contributed by atoms with Crippen molar-refractivity contribution in [2.45, 2.75) is 70.4 Å². The molecule has 5 rings (SSSR count). The van der Waals surface area contributed by atoms with Gasteiger partial charge in [0.15, 0.2) is 5.78 Å². The number of hydrogen-bond donors (Lipinski definition) is 2. The number of ether oxygens (including phenoxy) is 1. The standard InChI is InChI=1S/C28H34ClN3O5/c1-3-22(33)20(12-15-6-5-9-23(15)34)31-27(35)26-17-8-4-7-16(17)14-32(26)28(36)21-13-18-24(37-2)11-10-19(29)25(18)30-21/h10-11,13,15-17,20,26,30H,3-9,12,14H2,1-2H3,(H,31,35). The van der Waals surface area contributed by atoms with Crippen LogP contribution in [0.3, 0.4) is 0 Å². The van der Waals surface area contributed by atoms with Crippen molar-refractivity contribution in [2.24, 2.45) is 17.8 Å². The van der Waals surface area contributed by atoms with Gasteiger partial charge in [-0.3, -0.25) is 19.2 Å². The van der Waals surface area contributed by atoms with Gasteiger partial charge in [-0.15, -0.1) is 0 Å². The molecule has 0 spiro atoms. The van der Waals surface area contributed by atoms with Crippen LogP contribution in [0.2, 0.25) is 5.02 Å². The van der Waals surface area contributed by atoms with Gasteiger partial charge in [0.1, 0.15) is 23.3 Å². The van der Waals surface area contributed by atoms with Crippen molar-refractivity contribution < 1.29 is 23.9 Å². The lowest BCUT2D eigenvalue weighted by molar-refractivity contribution is -0.131. The van der Waals surface area contributed by atoms with Crippen LogP contribution < -0.4 is 10.1 Å². The van der Waals surface area contributed by atoms with Crippen molar-refractivity contribution in [3.8, 4) is 5.75 Å². The summed E-state index contributed by atoms with van der Waals surface area (Å²) in [6.45, 7) is 2.26. The maximum atomic E-state index is 13.8. The van der Waals surface area contributed by atoms with Gasteiger partial charge in [-0.05, 0) is 62.1 Å². The fourth-order valence-corrected chi connectivity index (χ4v) is 6.87. The van der Waals surface area contributed by atoms with Crippen molar-refractivity contribution in [3.05, 3.63) is 28.9 Å². The summed E-state index contributed by atoms with van der Waals surface area (Å²) in [5.41, 5.74) is 0.955. The van der Waals surface area contributed by atoms with E-state index in [2.05, 4.69) is 10.3 Å². The van der Waals surface area contributed by atoms with Gasteiger partial charge in [-0.25, -0.2) is 0 Å². The molecule has 5 atom stereocenters. The number of carbonyl (C=O) groups excluding carboxylic acids is 4. The van der Waals surface area contributed by atoms with Crippen LogP contribution in [0.15, 0.2) is 18.2 Å². The summed E-state index contributed by atoms with van der Waals surface area (Å²) in [4.78, 5) is 57.4. The second kappa shape index (κ2) is 10.5. The molecule has 37 heavy (non-hydrogen) atoms. The van der Waals surface area contributed by atoms with E-state index in [0.717, 1.165) is 32.1 Å². The number of Topliss-reactive ketones (excluding diaryl/α,β-unsaturated/α-hetero) is 2. The minimum Gasteiger partial charge on any atom is -0.496 e. The van der Waals surface area contributed by atoms with Crippen LogP contribution in [-0.2, 0) is 14.4 Å². The third-order valence-corrected chi connectivity index (χ3v) is 8.89. The van der Waals surface area contributed by atoms with Crippen molar-refractivity contribution >= 4 is 45.9 Å². The van der Waals surface area contributed by atoms with Crippen molar-refractivity contribution in [1.29, 1.82) is 0 Å². The van der Waals surface area contributed by atoms with Gasteiger partial charge in [0, 0.05) is 30.7 Å². The lowest BCUT2D eigenvalue weighted by Crippen LogP contribution is -2.53. The van der Waals surface area contributed by atoms with Crippen LogP contribution in [0.1, 0.15) is 68.8 Å². The molecule has 3 aliphatic rings. The highest BCUT2D eigenvalue weighted by Crippen LogP contribution is 2.43. The number of benzene rings is 1. The van der Waals surface area contributed by atoms with Gasteiger partial charge < -0.3 is 19.9 Å². The molecule has 9 heteroatoms. The molecule has 2 aliphatic carbocycles. The highest BCUT2D eigenvalue weighted by Gasteiger charge is 2.50. The van der Waals surface area contributed by atoms with E-state index < -0.39 is 12.1 Å². The average molecular weight is 528 g/mol. The van der Waals surface area contributed by atoms with Gasteiger partial charge in [0.2, 0.25) is 5.91 Å². The molecule has 0 bridgehead atoms. The Morgan fingerprint density at radius 1 is 1.22 bits per heavy atom. The van der Waals surface area contributed by atoms with Gasteiger partial charge >= 0.3 is 0 Å². The number of aromatic amines is 1. The Kier molecular flexibility index (Phi) is 7.30. The Morgan fingerprint density at radius 3 is 2.73 bits per heavy atom. The Labute approximate surface area is 221 Å². The van der Waals surface area contributed by atoms with Crippen LogP contribution >= 0.6 is 11.6 Å². The first-order valence-electron chi connectivity index (χ1n) is 13.3. The maximum absolute atomic E-state index is 13.8. The first kappa shape index (κ1) is 25.8. The Morgan fingerprint density at radius 2 is 2.03 bits per heavy atom. The largest absolute Gasteiger partial charge is 0.496 e. The Bertz CT molecular complexity index is 1240. The summed E-state index contributed by atoms with van der Waals surface area (Å²) in [5, 5.41) is 4.15. The number of methoxy groups -OCH3 is 1. The molecule has 1 aliphatic heterocycles. The molecule has 2 amide bonds. The monoisotopic (exact) mass is 527 g/mol. The van der Waals surface area contributed by atoms with E-state index in [0.29, 0.717) is 46.8 Å². The summed E-state index contributed by atoms with van der Waals surface area (Å²) >= 11 is 6.37. The molecule has 1 saturated heterocycles. The summed E-state index contributed by atoms with van der Waals surface area (Å²) in [6, 6.07) is 3.82. The number of amides is 2. The fourth-order valence-electron chi connectivity index (χ4n) is 6.65. The smallest absolute Gasteiger partial charge is 0.271 e. The lowest BCUT2D eigenvalue weighted by atomic mass is 9.91. The van der Waals surface area contributed by atoms with E-state index in [4.69, 9.17) is 16.3 Å². The molecule has 198 valence electrons. The molecule has 2 saturated carbocycles. The summed E-state index contributed by atoms with van der Waals surface area (Å²) in [7, 11) is 1.56. The van der Waals surface area contributed by atoms with Crippen LogP contribution in [0.5, 0.6) is 5.75 Å². The average Bonchev–Trinajstić information content (AvgIpc) is 3.67. The van der Waals surface area contributed by atoms with Crippen LogP contribution in [0, 0.1) is 17.8 Å². The van der Waals surface area contributed by atoms with Gasteiger partial charge in [0.25, 0.3) is 5.91 Å². The molecular weight excluding hydrogens is 494 g/mol. The molecule has 8 nitrogen and oxygen atoms in total. The van der Waals surface area contributed by atoms with E-state index in [1.54, 1.807) is 37.1 Å². The first-order valence-corrected chi connectivity index (χ1v) is 13.7. The number of rotatable bonds is 8. The van der Waals surface area contributed by atoms with E-state index in [9.17, 15) is 19.2 Å². The minimum atomic E-state index is -0.710. The maximum Gasteiger partial charge on any atom is 0.271 e. The zero-order valence-electron chi connectivity index (χ0n) is 21.3. The zero-order chi connectivity index (χ0) is 26.3. The number of nitrogens with one attached hydrogen (secondary N) is 2. The number of ketones is 2. The number of halogens is 1. The van der Waals surface area contributed by atoms with E-state index in [1.165, 1.54) is 0 Å². The third kappa shape index (κ3) is 4.76. The number of hydrogen-bond acceptors (Lipinski definition) is 5. The van der Waals surface area contributed by atoms with Gasteiger partial charge in [0.05, 0.1) is 23.7 Å². The van der Waals surface area contributed by atoms with E-state index in [1.807, 2.05) is 0 Å². The molecular formula is C28H34ClN3O5. The Balaban J connectivity index is 1.41. The molecule has 2 aromatic rings. The number of H-pyrrole nitrogens is 1. The predicted molar refractivity (Wildman–Crippen MR) is 140 cm³/mol. The molecule has 5 unspecified atom stereocenters. The highest BCUT2D eigenvalue weighted by atomic mass is 35.5. The van der Waals surface area contributed by atoms with Crippen LogP contribution in [-0.4, -0.2) is 59.0 Å². The summed E-state index contributed by atoms with van der Waals surface area (Å²) in [5.74, 6) is 0.238. The van der Waals surface area contributed by atoms with Crippen molar-refractivity contribution in [3.63, 3.8) is 0 Å². The van der Waals surface area contributed by atoms with E-state index in [-0.39, 0.29) is 47.6 Å². The predicted octanol–water partition coefficient (Wildman–Crippen LogP) is 4.29. The second-order valence-electron chi connectivity index (χ2n) is 10.7. The highest BCUT2D eigenvalue weighted by molar-refractivity contribution is 6.35. The van der Waals surface area contributed by atoms with Crippen molar-refractivity contribution in [2.75, 3.05) is 13.7 Å². The molecule has 3 fully saturated rings. The third-order valence-electron chi connectivity index (χ3n) is 8.58.